The number of pyridine rings is 1. The number of carbonyl (C=O) groups excluding carboxylic acids is 1. The molecule has 1 amide bonds. The van der Waals surface area contributed by atoms with E-state index in [1.807, 2.05) is 18.2 Å². The van der Waals surface area contributed by atoms with Gasteiger partial charge in [0, 0.05) is 50.8 Å². The van der Waals surface area contributed by atoms with Crippen LogP contribution in [0.4, 0.5) is 11.5 Å². The van der Waals surface area contributed by atoms with Gasteiger partial charge in [0.05, 0.1) is 36.1 Å². The van der Waals surface area contributed by atoms with Gasteiger partial charge in [-0.1, -0.05) is 0 Å². The summed E-state index contributed by atoms with van der Waals surface area (Å²) in [5.41, 5.74) is 2.12. The molecule has 4 aromatic heterocycles. The first-order valence-corrected chi connectivity index (χ1v) is 11.9. The highest BCUT2D eigenvalue weighted by molar-refractivity contribution is 6.10. The van der Waals surface area contributed by atoms with Crippen molar-refractivity contribution in [2.24, 2.45) is 0 Å². The molecule has 0 unspecified atom stereocenters. The molecule has 6 rings (SSSR count). The molecule has 0 bridgehead atoms. The largest absolute Gasteiger partial charge is 0.379 e. The molecule has 6 heterocycles. The van der Waals surface area contributed by atoms with E-state index in [2.05, 4.69) is 40.0 Å². The van der Waals surface area contributed by atoms with Gasteiger partial charge in [-0.25, -0.2) is 19.9 Å². The number of fused-ring (bicyclic) bond motifs is 1. The first-order chi connectivity index (χ1) is 17.2. The topological polar surface area (TPSA) is 117 Å². The summed E-state index contributed by atoms with van der Waals surface area (Å²) >= 11 is 0. The number of carbonyl (C=O) groups is 1. The van der Waals surface area contributed by atoms with Gasteiger partial charge in [0.1, 0.15) is 12.1 Å². The zero-order chi connectivity index (χ0) is 23.6. The number of aromatic nitrogens is 6. The number of amides is 1. The molecular formula is C24H27N9O2. The molecular weight excluding hydrogens is 446 g/mol. The fraction of sp³-hybridized carbons (Fsp3) is 0.375. The van der Waals surface area contributed by atoms with Crippen LogP contribution in [0.3, 0.4) is 0 Å². The third-order valence-corrected chi connectivity index (χ3v) is 6.70. The Morgan fingerprint density at radius 3 is 2.69 bits per heavy atom. The maximum atomic E-state index is 13.1. The number of nitrogens with one attached hydrogen (secondary N) is 2. The second-order valence-electron chi connectivity index (χ2n) is 8.81. The van der Waals surface area contributed by atoms with Crippen LogP contribution in [0.5, 0.6) is 0 Å². The molecule has 0 spiro atoms. The van der Waals surface area contributed by atoms with Gasteiger partial charge in [0.15, 0.2) is 5.69 Å². The van der Waals surface area contributed by atoms with Crippen LogP contribution in [0.2, 0.25) is 0 Å². The minimum atomic E-state index is -0.331. The van der Waals surface area contributed by atoms with Gasteiger partial charge >= 0.3 is 0 Å². The number of anilines is 2. The van der Waals surface area contributed by atoms with Gasteiger partial charge in [0.2, 0.25) is 5.95 Å². The quantitative estimate of drug-likeness (QED) is 0.453. The number of H-pyrrole nitrogens is 1. The first kappa shape index (κ1) is 21.7. The molecule has 2 aliphatic rings. The van der Waals surface area contributed by atoms with E-state index in [1.54, 1.807) is 35.7 Å². The summed E-state index contributed by atoms with van der Waals surface area (Å²) in [4.78, 5) is 38.7. The molecule has 35 heavy (non-hydrogen) atoms. The van der Waals surface area contributed by atoms with Gasteiger partial charge in [0.25, 0.3) is 5.91 Å². The van der Waals surface area contributed by atoms with Crippen LogP contribution in [-0.2, 0) is 4.74 Å². The van der Waals surface area contributed by atoms with Crippen LogP contribution in [-0.4, -0.2) is 85.7 Å². The Morgan fingerprint density at radius 1 is 1.09 bits per heavy atom. The van der Waals surface area contributed by atoms with Crippen molar-refractivity contribution in [2.45, 2.75) is 18.9 Å². The van der Waals surface area contributed by atoms with Crippen molar-refractivity contribution in [1.82, 2.24) is 34.4 Å². The lowest BCUT2D eigenvalue weighted by Crippen LogP contribution is -2.49. The number of morpholine rings is 1. The second-order valence-corrected chi connectivity index (χ2v) is 8.81. The highest BCUT2D eigenvalue weighted by Crippen LogP contribution is 2.23. The van der Waals surface area contributed by atoms with Crippen molar-refractivity contribution in [2.75, 3.05) is 49.6 Å². The number of imidazole rings is 1. The fourth-order valence-corrected chi connectivity index (χ4v) is 4.83. The third kappa shape index (κ3) is 4.47. The minimum Gasteiger partial charge on any atom is -0.379 e. The molecule has 180 valence electrons. The van der Waals surface area contributed by atoms with Gasteiger partial charge in [-0.15, -0.1) is 0 Å². The van der Waals surface area contributed by atoms with Crippen molar-refractivity contribution in [3.05, 3.63) is 55.0 Å². The fourth-order valence-electron chi connectivity index (χ4n) is 4.83. The van der Waals surface area contributed by atoms with E-state index in [9.17, 15) is 4.79 Å². The van der Waals surface area contributed by atoms with Crippen molar-refractivity contribution in [3.63, 3.8) is 0 Å². The lowest BCUT2D eigenvalue weighted by Gasteiger charge is -2.40. The van der Waals surface area contributed by atoms with E-state index in [1.165, 1.54) is 0 Å². The van der Waals surface area contributed by atoms with Gasteiger partial charge in [-0.2, -0.15) is 0 Å². The summed E-state index contributed by atoms with van der Waals surface area (Å²) in [6.07, 6.45) is 10.7. The second kappa shape index (κ2) is 9.43. The molecule has 2 aliphatic heterocycles. The normalized spacial score (nSPS) is 17.7. The Labute approximate surface area is 202 Å². The van der Waals surface area contributed by atoms with Crippen molar-refractivity contribution in [1.29, 1.82) is 0 Å². The van der Waals surface area contributed by atoms with Crippen LogP contribution >= 0.6 is 0 Å². The predicted molar refractivity (Wildman–Crippen MR) is 131 cm³/mol. The molecule has 4 aromatic rings. The molecule has 2 saturated heterocycles. The lowest BCUT2D eigenvalue weighted by atomic mass is 10.0. The van der Waals surface area contributed by atoms with Crippen LogP contribution in [0.25, 0.3) is 17.0 Å². The molecule has 0 aliphatic carbocycles. The monoisotopic (exact) mass is 473 g/mol. The number of hydrogen-bond acceptors (Lipinski definition) is 8. The Kier molecular flexibility index (Phi) is 5.84. The summed E-state index contributed by atoms with van der Waals surface area (Å²) in [7, 11) is 0. The van der Waals surface area contributed by atoms with Gasteiger partial charge < -0.3 is 19.9 Å². The summed E-state index contributed by atoms with van der Waals surface area (Å²) in [5.74, 6) is 0.982. The number of nitrogens with zero attached hydrogens (tertiary/aromatic N) is 7. The third-order valence-electron chi connectivity index (χ3n) is 6.70. The zero-order valence-electron chi connectivity index (χ0n) is 19.3. The van der Waals surface area contributed by atoms with Crippen LogP contribution in [0.15, 0.2) is 49.3 Å². The van der Waals surface area contributed by atoms with Crippen LogP contribution in [0.1, 0.15) is 23.3 Å². The average molecular weight is 474 g/mol. The summed E-state index contributed by atoms with van der Waals surface area (Å²) in [6, 6.07) is 6.29. The van der Waals surface area contributed by atoms with E-state index >= 15 is 0 Å². The molecule has 2 N–H and O–H groups in total. The van der Waals surface area contributed by atoms with E-state index in [-0.39, 0.29) is 11.6 Å². The van der Waals surface area contributed by atoms with Crippen LogP contribution < -0.4 is 10.2 Å². The number of aromatic amines is 1. The van der Waals surface area contributed by atoms with E-state index in [0.717, 1.165) is 58.1 Å². The van der Waals surface area contributed by atoms with Crippen molar-refractivity contribution in [3.8, 4) is 5.95 Å². The molecule has 11 heteroatoms. The minimum absolute atomic E-state index is 0.262. The SMILES string of the molecule is O=C(Nc1ccc(N2CCC(N3CCOCC3)CC2)nc1)c1nc(-n2ccnc2)nc2cc[nH]c12. The molecule has 0 radical (unpaired) electrons. The Hall–Kier alpha value is -3.83. The summed E-state index contributed by atoms with van der Waals surface area (Å²) in [5, 5.41) is 2.92. The highest BCUT2D eigenvalue weighted by Gasteiger charge is 2.26. The number of ether oxygens (including phenoxy) is 1. The van der Waals surface area contributed by atoms with Gasteiger partial charge in [-0.05, 0) is 31.0 Å². The highest BCUT2D eigenvalue weighted by atomic mass is 16.5. The van der Waals surface area contributed by atoms with E-state index < -0.39 is 0 Å². The average Bonchev–Trinajstić information content (AvgIpc) is 3.62. The van der Waals surface area contributed by atoms with E-state index in [0.29, 0.717) is 28.7 Å². The smallest absolute Gasteiger partial charge is 0.276 e. The van der Waals surface area contributed by atoms with Crippen molar-refractivity contribution >= 4 is 28.4 Å². The molecule has 0 saturated carbocycles. The van der Waals surface area contributed by atoms with Crippen LogP contribution in [0, 0.1) is 0 Å². The predicted octanol–water partition coefficient (Wildman–Crippen LogP) is 2.09. The Balaban J connectivity index is 1.13. The number of piperidine rings is 1. The standard InChI is InChI=1S/C24H27N9O2/c34-23(22-21-19(3-6-26-21)29-24(30-22)33-10-7-25-16-33)28-17-1-2-20(27-15-17)32-8-4-18(5-9-32)31-11-13-35-14-12-31/h1-3,6-7,10,15-16,18,26H,4-5,8-9,11-14H2,(H,28,34). The zero-order valence-corrected chi connectivity index (χ0v) is 19.3. The Bertz CT molecular complexity index is 1290. The number of hydrogen-bond donors (Lipinski definition) is 2. The Morgan fingerprint density at radius 2 is 1.94 bits per heavy atom. The molecule has 0 aromatic carbocycles. The number of rotatable bonds is 5. The van der Waals surface area contributed by atoms with Crippen molar-refractivity contribution < 1.29 is 9.53 Å². The van der Waals surface area contributed by atoms with Gasteiger partial charge in [-0.3, -0.25) is 14.3 Å². The maximum Gasteiger partial charge on any atom is 0.276 e. The van der Waals surface area contributed by atoms with E-state index in [4.69, 9.17) is 4.74 Å². The molecule has 0 atom stereocenters. The lowest BCUT2D eigenvalue weighted by molar-refractivity contribution is 0.0115. The summed E-state index contributed by atoms with van der Waals surface area (Å²) < 4.78 is 7.15. The summed E-state index contributed by atoms with van der Waals surface area (Å²) in [6.45, 7) is 5.69. The first-order valence-electron chi connectivity index (χ1n) is 11.9. The maximum absolute atomic E-state index is 13.1. The molecule has 2 fully saturated rings. The molecule has 11 nitrogen and oxygen atoms in total.